The van der Waals surface area contributed by atoms with Crippen LogP contribution in [0.3, 0.4) is 0 Å². The first kappa shape index (κ1) is 13.3. The average Bonchev–Trinajstić information content (AvgIpc) is 2.38. The molecule has 2 atom stereocenters. The zero-order valence-corrected chi connectivity index (χ0v) is 10.8. The number of hydrogen-bond donors (Lipinski definition) is 2. The van der Waals surface area contributed by atoms with Crippen molar-refractivity contribution >= 4 is 0 Å². The fraction of sp³-hybridized carbons (Fsp3) is 0.571. The molecule has 1 aliphatic rings. The van der Waals surface area contributed by atoms with Crippen molar-refractivity contribution in [3.63, 3.8) is 0 Å². The summed E-state index contributed by atoms with van der Waals surface area (Å²) in [5, 5.41) is 9.82. The number of phenolic OH excluding ortho intramolecular Hbond substituents is 1. The van der Waals surface area contributed by atoms with Gasteiger partial charge in [-0.05, 0) is 44.8 Å². The second-order valence-electron chi connectivity index (χ2n) is 5.12. The fourth-order valence-electron chi connectivity index (χ4n) is 2.71. The van der Waals surface area contributed by atoms with Crippen molar-refractivity contribution in [1.29, 1.82) is 0 Å². The fourth-order valence-corrected chi connectivity index (χ4v) is 2.71. The minimum Gasteiger partial charge on any atom is -0.508 e. The van der Waals surface area contributed by atoms with Crippen LogP contribution in [0.1, 0.15) is 31.4 Å². The number of piperidine rings is 1. The van der Waals surface area contributed by atoms with E-state index in [1.54, 1.807) is 6.07 Å². The first-order chi connectivity index (χ1) is 8.61. The molecule has 0 radical (unpaired) electrons. The highest BCUT2D eigenvalue weighted by Crippen LogP contribution is 2.31. The average molecular weight is 252 g/mol. The van der Waals surface area contributed by atoms with Gasteiger partial charge in [0.1, 0.15) is 11.6 Å². The molecule has 0 bridgehead atoms. The van der Waals surface area contributed by atoms with Gasteiger partial charge in [0.15, 0.2) is 0 Å². The summed E-state index contributed by atoms with van der Waals surface area (Å²) in [6.45, 7) is 4.72. The molecule has 2 rings (SSSR count). The second-order valence-corrected chi connectivity index (χ2v) is 5.12. The van der Waals surface area contributed by atoms with Crippen LogP contribution in [-0.2, 0) is 0 Å². The molecule has 4 heteroatoms. The largest absolute Gasteiger partial charge is 0.508 e. The first-order valence-electron chi connectivity index (χ1n) is 6.54. The maximum Gasteiger partial charge on any atom is 0.126 e. The van der Waals surface area contributed by atoms with Gasteiger partial charge in [-0.1, -0.05) is 6.07 Å². The number of benzene rings is 1. The molecular formula is C14H21FN2O. The number of likely N-dealkylation sites (tertiary alicyclic amines) is 1. The first-order valence-corrected chi connectivity index (χ1v) is 6.54. The highest BCUT2D eigenvalue weighted by molar-refractivity contribution is 5.35. The summed E-state index contributed by atoms with van der Waals surface area (Å²) in [7, 11) is 0. The smallest absolute Gasteiger partial charge is 0.126 e. The summed E-state index contributed by atoms with van der Waals surface area (Å²) in [4.78, 5) is 2.31. The van der Waals surface area contributed by atoms with Crippen molar-refractivity contribution in [2.75, 3.05) is 19.6 Å². The lowest BCUT2D eigenvalue weighted by Crippen LogP contribution is -2.39. The molecule has 100 valence electrons. The van der Waals surface area contributed by atoms with Gasteiger partial charge in [0.05, 0.1) is 0 Å². The van der Waals surface area contributed by atoms with E-state index in [0.717, 1.165) is 25.1 Å². The zero-order valence-electron chi connectivity index (χ0n) is 10.8. The highest BCUT2D eigenvalue weighted by Gasteiger charge is 2.24. The zero-order chi connectivity index (χ0) is 13.1. The van der Waals surface area contributed by atoms with E-state index in [9.17, 15) is 9.50 Å². The van der Waals surface area contributed by atoms with E-state index in [1.165, 1.54) is 18.6 Å². The number of nitrogens with two attached hydrogens (primary N) is 1. The maximum atomic E-state index is 13.0. The molecule has 0 aromatic heterocycles. The Bertz CT molecular complexity index is 411. The van der Waals surface area contributed by atoms with Crippen molar-refractivity contribution in [1.82, 2.24) is 4.90 Å². The van der Waals surface area contributed by atoms with E-state index < -0.39 is 5.82 Å². The van der Waals surface area contributed by atoms with Gasteiger partial charge in [-0.15, -0.1) is 0 Å². The minimum absolute atomic E-state index is 0.0392. The topological polar surface area (TPSA) is 49.5 Å². The van der Waals surface area contributed by atoms with Gasteiger partial charge in [0, 0.05) is 24.2 Å². The molecule has 0 spiro atoms. The van der Waals surface area contributed by atoms with E-state index in [4.69, 9.17) is 5.73 Å². The van der Waals surface area contributed by atoms with Gasteiger partial charge < -0.3 is 10.8 Å². The molecule has 18 heavy (non-hydrogen) atoms. The Morgan fingerprint density at radius 1 is 1.56 bits per heavy atom. The van der Waals surface area contributed by atoms with E-state index in [1.807, 2.05) is 6.92 Å². The Hall–Kier alpha value is -1.13. The Kier molecular flexibility index (Phi) is 4.19. The predicted molar refractivity (Wildman–Crippen MR) is 69.8 cm³/mol. The number of halogens is 1. The van der Waals surface area contributed by atoms with Crippen molar-refractivity contribution in [2.45, 2.75) is 25.8 Å². The monoisotopic (exact) mass is 252 g/mol. The van der Waals surface area contributed by atoms with Crippen LogP contribution in [0.25, 0.3) is 0 Å². The normalized spacial score (nSPS) is 22.9. The number of phenols is 1. The van der Waals surface area contributed by atoms with Crippen LogP contribution in [0.5, 0.6) is 5.75 Å². The summed E-state index contributed by atoms with van der Waals surface area (Å²) in [5.41, 5.74) is 6.51. The molecule has 1 saturated heterocycles. The number of aromatic hydroxyl groups is 1. The Morgan fingerprint density at radius 2 is 2.33 bits per heavy atom. The summed E-state index contributed by atoms with van der Waals surface area (Å²) in [6.07, 6.45) is 2.31. The number of nitrogens with zero attached hydrogens (tertiary/aromatic N) is 1. The van der Waals surface area contributed by atoms with Crippen molar-refractivity contribution in [2.24, 2.45) is 11.7 Å². The summed E-state index contributed by atoms with van der Waals surface area (Å²) in [5.74, 6) is 0.170. The minimum atomic E-state index is -0.401. The quantitative estimate of drug-likeness (QED) is 0.867. The van der Waals surface area contributed by atoms with Crippen LogP contribution in [0.2, 0.25) is 0 Å². The van der Waals surface area contributed by atoms with E-state index in [-0.39, 0.29) is 11.8 Å². The van der Waals surface area contributed by atoms with Crippen LogP contribution in [-0.4, -0.2) is 29.6 Å². The molecule has 0 aliphatic carbocycles. The van der Waals surface area contributed by atoms with E-state index >= 15 is 0 Å². The van der Waals surface area contributed by atoms with Crippen LogP contribution < -0.4 is 5.73 Å². The number of rotatable bonds is 3. The van der Waals surface area contributed by atoms with Gasteiger partial charge in [-0.2, -0.15) is 0 Å². The van der Waals surface area contributed by atoms with Crippen LogP contribution >= 0.6 is 0 Å². The molecule has 1 aromatic carbocycles. The van der Waals surface area contributed by atoms with Crippen LogP contribution in [0, 0.1) is 11.7 Å². The van der Waals surface area contributed by atoms with Crippen molar-refractivity contribution < 1.29 is 9.50 Å². The lowest BCUT2D eigenvalue weighted by Gasteiger charge is -2.36. The molecule has 0 amide bonds. The third kappa shape index (κ3) is 2.82. The Labute approximate surface area is 107 Å². The van der Waals surface area contributed by atoms with Gasteiger partial charge in [0.2, 0.25) is 0 Å². The third-order valence-corrected chi connectivity index (χ3v) is 3.87. The molecular weight excluding hydrogens is 231 g/mol. The SMILES string of the molecule is CC(c1ccc(F)cc1O)N1CCCC(CN)C1. The third-order valence-electron chi connectivity index (χ3n) is 3.87. The van der Waals surface area contributed by atoms with Gasteiger partial charge in [0.25, 0.3) is 0 Å². The molecule has 1 fully saturated rings. The predicted octanol–water partition coefficient (Wildman–Crippen LogP) is 2.26. The van der Waals surface area contributed by atoms with Crippen molar-refractivity contribution in [3.05, 3.63) is 29.6 Å². The molecule has 3 nitrogen and oxygen atoms in total. The lowest BCUT2D eigenvalue weighted by molar-refractivity contribution is 0.133. The second kappa shape index (κ2) is 5.67. The lowest BCUT2D eigenvalue weighted by atomic mass is 9.95. The van der Waals surface area contributed by atoms with Crippen LogP contribution in [0.4, 0.5) is 4.39 Å². The Morgan fingerprint density at radius 3 is 3.00 bits per heavy atom. The summed E-state index contributed by atoms with van der Waals surface area (Å²) >= 11 is 0. The van der Waals surface area contributed by atoms with Gasteiger partial charge in [-0.3, -0.25) is 4.90 Å². The summed E-state index contributed by atoms with van der Waals surface area (Å²) in [6, 6.07) is 4.34. The molecule has 2 unspecified atom stereocenters. The Balaban J connectivity index is 2.12. The van der Waals surface area contributed by atoms with E-state index in [2.05, 4.69) is 4.90 Å². The molecule has 3 N–H and O–H groups in total. The van der Waals surface area contributed by atoms with Gasteiger partial charge in [-0.25, -0.2) is 4.39 Å². The molecule has 1 aliphatic heterocycles. The molecule has 0 saturated carbocycles. The summed E-state index contributed by atoms with van der Waals surface area (Å²) < 4.78 is 13.0. The van der Waals surface area contributed by atoms with E-state index in [0.29, 0.717) is 12.5 Å². The number of hydrogen-bond acceptors (Lipinski definition) is 3. The maximum absolute atomic E-state index is 13.0. The van der Waals surface area contributed by atoms with Crippen molar-refractivity contribution in [3.8, 4) is 5.75 Å². The molecule has 1 heterocycles. The molecule has 1 aromatic rings. The van der Waals surface area contributed by atoms with Gasteiger partial charge >= 0.3 is 0 Å². The van der Waals surface area contributed by atoms with Crippen LogP contribution in [0.15, 0.2) is 18.2 Å². The highest BCUT2D eigenvalue weighted by atomic mass is 19.1. The standard InChI is InChI=1S/C14H21FN2O/c1-10(13-5-4-12(15)7-14(13)18)17-6-2-3-11(8-16)9-17/h4-5,7,10-11,18H,2-3,6,8-9,16H2,1H3.